The topological polar surface area (TPSA) is 87.7 Å². The Balaban J connectivity index is 2.04. The summed E-state index contributed by atoms with van der Waals surface area (Å²) in [5.41, 5.74) is -0.107. The molecule has 114 valence electrons. The van der Waals surface area contributed by atoms with E-state index in [1.54, 1.807) is 18.2 Å². The molecule has 1 fully saturated rings. The molecule has 1 saturated carbocycles. The molecule has 0 unspecified atom stereocenters. The second kappa shape index (κ2) is 6.34. The van der Waals surface area contributed by atoms with Gasteiger partial charge in [0.15, 0.2) is 0 Å². The van der Waals surface area contributed by atoms with E-state index in [2.05, 4.69) is 26.6 Å². The molecule has 1 aliphatic carbocycles. The van der Waals surface area contributed by atoms with Crippen LogP contribution in [0.15, 0.2) is 22.7 Å². The van der Waals surface area contributed by atoms with Gasteiger partial charge in [0.2, 0.25) is 0 Å². The molecule has 0 heterocycles. The number of carbonyl (C=O) groups is 2. The number of carboxylic acid groups (broad SMARTS) is 1. The van der Waals surface area contributed by atoms with E-state index >= 15 is 0 Å². The van der Waals surface area contributed by atoms with Crippen LogP contribution in [-0.2, 0) is 4.79 Å². The van der Waals surface area contributed by atoms with Gasteiger partial charge in [-0.25, -0.2) is 4.79 Å². The van der Waals surface area contributed by atoms with Crippen molar-refractivity contribution in [2.45, 2.75) is 31.2 Å². The molecule has 0 aliphatic heterocycles. The minimum Gasteiger partial charge on any atom is -0.495 e. The van der Waals surface area contributed by atoms with Crippen LogP contribution < -0.4 is 15.4 Å². The molecule has 0 spiro atoms. The number of hydrogen-bond donors (Lipinski definition) is 3. The number of amides is 2. The second-order valence-electron chi connectivity index (χ2n) is 5.13. The molecule has 21 heavy (non-hydrogen) atoms. The lowest BCUT2D eigenvalue weighted by Gasteiger charge is -2.41. The number of carboxylic acids is 1. The number of benzene rings is 1. The number of ether oxygens (including phenoxy) is 1. The Morgan fingerprint density at radius 3 is 2.67 bits per heavy atom. The Kier molecular flexibility index (Phi) is 4.72. The van der Waals surface area contributed by atoms with Crippen molar-refractivity contribution in [3.8, 4) is 5.75 Å². The van der Waals surface area contributed by atoms with Gasteiger partial charge < -0.3 is 20.5 Å². The van der Waals surface area contributed by atoms with Gasteiger partial charge >= 0.3 is 12.0 Å². The second-order valence-corrected chi connectivity index (χ2v) is 6.04. The Morgan fingerprint density at radius 2 is 2.14 bits per heavy atom. The predicted molar refractivity (Wildman–Crippen MR) is 81.7 cm³/mol. The summed E-state index contributed by atoms with van der Waals surface area (Å²) >= 11 is 3.33. The molecule has 3 N–H and O–H groups in total. The van der Waals surface area contributed by atoms with Crippen LogP contribution in [0.4, 0.5) is 10.5 Å². The maximum Gasteiger partial charge on any atom is 0.319 e. The molecule has 0 atom stereocenters. The predicted octanol–water partition coefficient (Wildman–Crippen LogP) is 2.98. The van der Waals surface area contributed by atoms with Gasteiger partial charge in [-0.15, -0.1) is 0 Å². The van der Waals surface area contributed by atoms with Gasteiger partial charge in [0.1, 0.15) is 5.75 Å². The normalized spacial score (nSPS) is 15.7. The minimum absolute atomic E-state index is 0.0595. The third-order valence-corrected chi connectivity index (χ3v) is 4.08. The highest BCUT2D eigenvalue weighted by Gasteiger charge is 2.40. The molecule has 0 bridgehead atoms. The highest BCUT2D eigenvalue weighted by molar-refractivity contribution is 9.10. The minimum atomic E-state index is -0.907. The van der Waals surface area contributed by atoms with Crippen molar-refractivity contribution >= 4 is 33.6 Å². The van der Waals surface area contributed by atoms with Gasteiger partial charge in [0.05, 0.1) is 24.8 Å². The molecule has 0 radical (unpaired) electrons. The zero-order chi connectivity index (χ0) is 15.5. The van der Waals surface area contributed by atoms with Crippen LogP contribution in [0.25, 0.3) is 0 Å². The average molecular weight is 357 g/mol. The fourth-order valence-corrected chi connectivity index (χ4v) is 2.77. The van der Waals surface area contributed by atoms with Gasteiger partial charge in [0.25, 0.3) is 0 Å². The first-order valence-corrected chi connectivity index (χ1v) is 7.38. The highest BCUT2D eigenvalue weighted by atomic mass is 79.9. The first kappa shape index (κ1) is 15.6. The third kappa shape index (κ3) is 3.87. The summed E-state index contributed by atoms with van der Waals surface area (Å²) in [6.45, 7) is 0. The molecule has 1 aliphatic rings. The van der Waals surface area contributed by atoms with Crippen LogP contribution in [0.5, 0.6) is 5.75 Å². The van der Waals surface area contributed by atoms with Crippen molar-refractivity contribution in [3.63, 3.8) is 0 Å². The maximum absolute atomic E-state index is 12.1. The molecule has 1 aromatic rings. The fourth-order valence-electron chi connectivity index (χ4n) is 2.41. The number of urea groups is 1. The number of hydrogen-bond acceptors (Lipinski definition) is 3. The average Bonchev–Trinajstić information content (AvgIpc) is 2.35. The van der Waals surface area contributed by atoms with E-state index in [-0.39, 0.29) is 6.42 Å². The summed E-state index contributed by atoms with van der Waals surface area (Å²) in [6.07, 6.45) is 2.23. The molecule has 1 aromatic carbocycles. The molecule has 7 heteroatoms. The first-order chi connectivity index (χ1) is 9.94. The summed E-state index contributed by atoms with van der Waals surface area (Å²) < 4.78 is 5.99. The summed E-state index contributed by atoms with van der Waals surface area (Å²) in [6, 6.07) is 4.84. The number of halogens is 1. The van der Waals surface area contributed by atoms with E-state index in [0.29, 0.717) is 24.3 Å². The largest absolute Gasteiger partial charge is 0.495 e. The van der Waals surface area contributed by atoms with Crippen LogP contribution in [0.1, 0.15) is 25.7 Å². The smallest absolute Gasteiger partial charge is 0.319 e. The summed E-state index contributed by atoms with van der Waals surface area (Å²) in [5.74, 6) is -0.371. The van der Waals surface area contributed by atoms with Gasteiger partial charge in [-0.2, -0.15) is 0 Å². The SMILES string of the molecule is COc1ccc(Br)cc1NC(=O)NC1(CC(=O)O)CCC1. The number of carbonyl (C=O) groups excluding carboxylic acids is 1. The number of aliphatic carboxylic acids is 1. The molecule has 2 amide bonds. The monoisotopic (exact) mass is 356 g/mol. The molecule has 6 nitrogen and oxygen atoms in total. The standard InChI is InChI=1S/C14H17BrN2O4/c1-21-11-4-3-9(15)7-10(11)16-13(20)17-14(5-2-6-14)8-12(18)19/h3-4,7H,2,5-6,8H2,1H3,(H,18,19)(H2,16,17,20). The van der Waals surface area contributed by atoms with Crippen molar-refractivity contribution in [2.75, 3.05) is 12.4 Å². The number of methoxy groups -OCH3 is 1. The van der Waals surface area contributed by atoms with Crippen LogP contribution >= 0.6 is 15.9 Å². The van der Waals surface area contributed by atoms with E-state index in [9.17, 15) is 9.59 Å². The van der Waals surface area contributed by atoms with Crippen molar-refractivity contribution in [2.24, 2.45) is 0 Å². The van der Waals surface area contributed by atoms with Gasteiger partial charge in [-0.05, 0) is 37.5 Å². The van der Waals surface area contributed by atoms with Gasteiger partial charge in [-0.3, -0.25) is 4.79 Å². The zero-order valence-corrected chi connectivity index (χ0v) is 13.2. The number of nitrogens with one attached hydrogen (secondary N) is 2. The van der Waals surface area contributed by atoms with E-state index < -0.39 is 17.5 Å². The summed E-state index contributed by atoms with van der Waals surface area (Å²) in [7, 11) is 1.52. The van der Waals surface area contributed by atoms with Crippen molar-refractivity contribution in [1.29, 1.82) is 0 Å². The first-order valence-electron chi connectivity index (χ1n) is 6.59. The number of anilines is 1. The summed E-state index contributed by atoms with van der Waals surface area (Å²) in [4.78, 5) is 23.0. The van der Waals surface area contributed by atoms with Crippen molar-refractivity contribution < 1.29 is 19.4 Å². The van der Waals surface area contributed by atoms with Gasteiger partial charge in [0, 0.05) is 4.47 Å². The zero-order valence-electron chi connectivity index (χ0n) is 11.6. The molecule has 0 saturated heterocycles. The fraction of sp³-hybridized carbons (Fsp3) is 0.429. The molecule has 2 rings (SSSR count). The highest BCUT2D eigenvalue weighted by Crippen LogP contribution is 2.35. The van der Waals surface area contributed by atoms with E-state index in [1.165, 1.54) is 7.11 Å². The quantitative estimate of drug-likeness (QED) is 0.756. The molecule has 0 aromatic heterocycles. The van der Waals surface area contributed by atoms with E-state index in [4.69, 9.17) is 9.84 Å². The van der Waals surface area contributed by atoms with Crippen LogP contribution in [0.2, 0.25) is 0 Å². The Morgan fingerprint density at radius 1 is 1.43 bits per heavy atom. The Bertz CT molecular complexity index is 558. The lowest BCUT2D eigenvalue weighted by molar-refractivity contribution is -0.139. The van der Waals surface area contributed by atoms with Crippen LogP contribution in [0, 0.1) is 0 Å². The maximum atomic E-state index is 12.1. The Hall–Kier alpha value is -1.76. The lowest BCUT2D eigenvalue weighted by atomic mass is 9.74. The van der Waals surface area contributed by atoms with Crippen molar-refractivity contribution in [1.82, 2.24) is 5.32 Å². The van der Waals surface area contributed by atoms with Gasteiger partial charge in [-0.1, -0.05) is 15.9 Å². The van der Waals surface area contributed by atoms with Crippen molar-refractivity contribution in [3.05, 3.63) is 22.7 Å². The molecular formula is C14H17BrN2O4. The third-order valence-electron chi connectivity index (χ3n) is 3.59. The van der Waals surface area contributed by atoms with E-state index in [1.807, 2.05) is 0 Å². The van der Waals surface area contributed by atoms with Crippen LogP contribution in [-0.4, -0.2) is 29.8 Å². The summed E-state index contributed by atoms with van der Waals surface area (Å²) in [5, 5.41) is 14.4. The lowest BCUT2D eigenvalue weighted by Crippen LogP contribution is -2.55. The number of rotatable bonds is 5. The Labute approximate surface area is 131 Å². The van der Waals surface area contributed by atoms with E-state index in [0.717, 1.165) is 10.9 Å². The molecular weight excluding hydrogens is 340 g/mol. The van der Waals surface area contributed by atoms with Crippen LogP contribution in [0.3, 0.4) is 0 Å².